The molecule has 1 saturated carbocycles. The van der Waals surface area contributed by atoms with E-state index in [1.165, 1.54) is 11.0 Å². The van der Waals surface area contributed by atoms with Crippen LogP contribution in [0.15, 0.2) is 12.1 Å². The van der Waals surface area contributed by atoms with Crippen LogP contribution in [0.2, 0.25) is 10.0 Å². The fraction of sp³-hybridized carbons (Fsp3) is 0.500. The fourth-order valence-corrected chi connectivity index (χ4v) is 3.06. The summed E-state index contributed by atoms with van der Waals surface area (Å²) in [6, 6.07) is 2.24. The Hall–Kier alpha value is -0.840. The lowest BCUT2D eigenvalue weighted by atomic mass is 10.0. The first kappa shape index (κ1) is 15.5. The molecule has 110 valence electrons. The monoisotopic (exact) mass is 319 g/mol. The Labute approximate surface area is 127 Å². The highest BCUT2D eigenvalue weighted by molar-refractivity contribution is 6.36. The summed E-state index contributed by atoms with van der Waals surface area (Å²) in [4.78, 5) is 13.7. The Morgan fingerprint density at radius 3 is 2.55 bits per heavy atom. The first-order valence-corrected chi connectivity index (χ1v) is 7.20. The lowest BCUT2D eigenvalue weighted by Gasteiger charge is -2.28. The van der Waals surface area contributed by atoms with E-state index < -0.39 is 17.3 Å². The summed E-state index contributed by atoms with van der Waals surface area (Å²) in [6.07, 6.45) is 3.25. The number of hydrogen-bond donors (Lipinski definition) is 1. The summed E-state index contributed by atoms with van der Waals surface area (Å²) in [6.45, 7) is 0.215. The first-order valence-electron chi connectivity index (χ1n) is 6.45. The van der Waals surface area contributed by atoms with E-state index in [1.54, 1.807) is 7.05 Å². The van der Waals surface area contributed by atoms with E-state index in [9.17, 15) is 14.3 Å². The van der Waals surface area contributed by atoms with Crippen LogP contribution in [-0.2, 0) is 0 Å². The van der Waals surface area contributed by atoms with Gasteiger partial charge >= 0.3 is 0 Å². The molecule has 0 radical (unpaired) electrons. The van der Waals surface area contributed by atoms with Crippen LogP contribution >= 0.6 is 23.2 Å². The largest absolute Gasteiger partial charge is 0.388 e. The molecule has 6 heteroatoms. The molecule has 20 heavy (non-hydrogen) atoms. The molecular weight excluding hydrogens is 304 g/mol. The first-order chi connectivity index (χ1) is 9.32. The number of amides is 1. The van der Waals surface area contributed by atoms with Crippen LogP contribution in [-0.4, -0.2) is 35.1 Å². The molecule has 0 heterocycles. The second kappa shape index (κ2) is 5.88. The van der Waals surface area contributed by atoms with Crippen molar-refractivity contribution in [1.29, 1.82) is 0 Å². The second-order valence-corrected chi connectivity index (χ2v) is 6.15. The lowest BCUT2D eigenvalue weighted by molar-refractivity contribution is 0.0156. The fourth-order valence-electron chi connectivity index (χ4n) is 2.60. The summed E-state index contributed by atoms with van der Waals surface area (Å²) in [5.41, 5.74) is -0.792. The lowest BCUT2D eigenvalue weighted by Crippen LogP contribution is -2.42. The van der Waals surface area contributed by atoms with Gasteiger partial charge in [0.05, 0.1) is 21.2 Å². The quantitative estimate of drug-likeness (QED) is 0.866. The molecule has 1 N–H and O–H groups in total. The summed E-state index contributed by atoms with van der Waals surface area (Å²) in [5.74, 6) is -1.11. The molecule has 0 bridgehead atoms. The molecule has 3 nitrogen and oxygen atoms in total. The normalized spacial score (nSPS) is 17.2. The van der Waals surface area contributed by atoms with Crippen LogP contribution in [0.1, 0.15) is 36.0 Å². The highest BCUT2D eigenvalue weighted by atomic mass is 35.5. The van der Waals surface area contributed by atoms with E-state index in [0.717, 1.165) is 18.9 Å². The van der Waals surface area contributed by atoms with Crippen LogP contribution in [0.4, 0.5) is 4.39 Å². The predicted molar refractivity (Wildman–Crippen MR) is 76.8 cm³/mol. The van der Waals surface area contributed by atoms with E-state index in [0.29, 0.717) is 12.8 Å². The van der Waals surface area contributed by atoms with Crippen molar-refractivity contribution in [3.05, 3.63) is 33.6 Å². The van der Waals surface area contributed by atoms with Gasteiger partial charge in [-0.15, -0.1) is 0 Å². The second-order valence-electron chi connectivity index (χ2n) is 5.34. The minimum atomic E-state index is -0.845. The van der Waals surface area contributed by atoms with Gasteiger partial charge in [0.2, 0.25) is 0 Å². The Bertz CT molecular complexity index is 530. The van der Waals surface area contributed by atoms with E-state index >= 15 is 0 Å². The van der Waals surface area contributed by atoms with Gasteiger partial charge < -0.3 is 10.0 Å². The molecule has 0 aromatic heterocycles. The number of nitrogens with zero attached hydrogens (tertiary/aromatic N) is 1. The zero-order chi connectivity index (χ0) is 14.9. The maximum atomic E-state index is 13.5. The van der Waals surface area contributed by atoms with Crippen molar-refractivity contribution >= 4 is 29.1 Å². The van der Waals surface area contributed by atoms with Gasteiger partial charge in [0.25, 0.3) is 5.91 Å². The van der Waals surface area contributed by atoms with E-state index in [4.69, 9.17) is 23.2 Å². The van der Waals surface area contributed by atoms with Gasteiger partial charge in [-0.25, -0.2) is 4.39 Å². The van der Waals surface area contributed by atoms with Gasteiger partial charge in [0.1, 0.15) is 5.82 Å². The maximum Gasteiger partial charge on any atom is 0.255 e. The van der Waals surface area contributed by atoms with Crippen molar-refractivity contribution in [3.63, 3.8) is 0 Å². The maximum absolute atomic E-state index is 13.5. The van der Waals surface area contributed by atoms with Crippen molar-refractivity contribution < 1.29 is 14.3 Å². The van der Waals surface area contributed by atoms with Crippen molar-refractivity contribution in [2.45, 2.75) is 31.3 Å². The minimum Gasteiger partial charge on any atom is -0.388 e. The van der Waals surface area contributed by atoms with Crippen molar-refractivity contribution in [1.82, 2.24) is 4.90 Å². The number of carbonyl (C=O) groups is 1. The zero-order valence-electron chi connectivity index (χ0n) is 11.1. The number of likely N-dealkylation sites (N-methyl/N-ethyl adjacent to an activating group) is 1. The van der Waals surface area contributed by atoms with E-state index in [-0.39, 0.29) is 22.2 Å². The number of carbonyl (C=O) groups excluding carboxylic acids is 1. The number of halogens is 3. The van der Waals surface area contributed by atoms with Crippen LogP contribution in [0.5, 0.6) is 0 Å². The number of aliphatic hydroxyl groups is 1. The van der Waals surface area contributed by atoms with Crippen LogP contribution in [0.3, 0.4) is 0 Å². The molecule has 1 aliphatic carbocycles. The van der Waals surface area contributed by atoms with Crippen LogP contribution in [0.25, 0.3) is 0 Å². The zero-order valence-corrected chi connectivity index (χ0v) is 12.6. The van der Waals surface area contributed by atoms with Crippen molar-refractivity contribution in [3.8, 4) is 0 Å². The Kier molecular flexibility index (Phi) is 4.57. The van der Waals surface area contributed by atoms with Gasteiger partial charge in [-0.1, -0.05) is 36.0 Å². The van der Waals surface area contributed by atoms with Crippen molar-refractivity contribution in [2.24, 2.45) is 0 Å². The van der Waals surface area contributed by atoms with Crippen molar-refractivity contribution in [2.75, 3.05) is 13.6 Å². The van der Waals surface area contributed by atoms with Gasteiger partial charge in [-0.3, -0.25) is 4.79 Å². The summed E-state index contributed by atoms with van der Waals surface area (Å²) in [7, 11) is 1.57. The van der Waals surface area contributed by atoms with Crippen LogP contribution < -0.4 is 0 Å². The Morgan fingerprint density at radius 2 is 1.95 bits per heavy atom. The van der Waals surface area contributed by atoms with Gasteiger partial charge in [0, 0.05) is 13.6 Å². The van der Waals surface area contributed by atoms with Gasteiger partial charge in [-0.05, 0) is 25.0 Å². The molecule has 1 amide bonds. The summed E-state index contributed by atoms with van der Waals surface area (Å²) < 4.78 is 13.5. The molecular formula is C14H16Cl2FNO2. The highest BCUT2D eigenvalue weighted by Gasteiger charge is 2.34. The van der Waals surface area contributed by atoms with E-state index in [2.05, 4.69) is 0 Å². The molecule has 1 fully saturated rings. The Balaban J connectivity index is 2.16. The number of hydrogen-bond acceptors (Lipinski definition) is 2. The topological polar surface area (TPSA) is 40.5 Å². The van der Waals surface area contributed by atoms with E-state index in [1.807, 2.05) is 0 Å². The summed E-state index contributed by atoms with van der Waals surface area (Å²) >= 11 is 11.5. The van der Waals surface area contributed by atoms with Gasteiger partial charge in [-0.2, -0.15) is 0 Å². The molecule has 0 aliphatic heterocycles. The average molecular weight is 320 g/mol. The molecule has 0 spiro atoms. The average Bonchev–Trinajstić information content (AvgIpc) is 2.79. The molecule has 1 aromatic carbocycles. The third-order valence-corrected chi connectivity index (χ3v) is 4.26. The third kappa shape index (κ3) is 3.25. The highest BCUT2D eigenvalue weighted by Crippen LogP contribution is 2.31. The number of rotatable bonds is 3. The smallest absolute Gasteiger partial charge is 0.255 e. The number of benzene rings is 1. The SMILES string of the molecule is CN(CC1(O)CCCC1)C(=O)c1cc(F)c(Cl)cc1Cl. The van der Waals surface area contributed by atoms with Gasteiger partial charge in [0.15, 0.2) is 0 Å². The predicted octanol–water partition coefficient (Wildman–Crippen LogP) is 3.51. The molecule has 0 unspecified atom stereocenters. The molecule has 0 atom stereocenters. The van der Waals surface area contributed by atoms with Crippen LogP contribution in [0, 0.1) is 5.82 Å². The third-order valence-electron chi connectivity index (χ3n) is 3.65. The summed E-state index contributed by atoms with van der Waals surface area (Å²) in [5, 5.41) is 10.3. The molecule has 2 rings (SSSR count). The molecule has 0 saturated heterocycles. The minimum absolute atomic E-state index is 0.0534. The molecule has 1 aromatic rings. The standard InChI is InChI=1S/C14H16Cl2FNO2/c1-18(8-14(20)4-2-3-5-14)13(19)9-6-12(17)11(16)7-10(9)15/h6-7,20H,2-5,8H2,1H3. The molecule has 1 aliphatic rings. The Morgan fingerprint density at radius 1 is 1.35 bits per heavy atom.